The molecule has 5 N–H and O–H groups in total. The van der Waals surface area contributed by atoms with Gasteiger partial charge >= 0.3 is 5.69 Å². The van der Waals surface area contributed by atoms with E-state index in [1.54, 1.807) is 6.07 Å². The molecule has 6 nitrogen and oxygen atoms in total. The van der Waals surface area contributed by atoms with E-state index < -0.39 is 5.91 Å². The molecule has 1 heterocycles. The minimum absolute atomic E-state index is 0.263. The Hall–Kier alpha value is -2.08. The van der Waals surface area contributed by atoms with E-state index in [0.29, 0.717) is 29.1 Å². The number of rotatable bonds is 7. The van der Waals surface area contributed by atoms with Crippen molar-refractivity contribution in [1.29, 1.82) is 0 Å². The summed E-state index contributed by atoms with van der Waals surface area (Å²) < 4.78 is 0. The Morgan fingerprint density at radius 3 is 2.33 bits per heavy atom. The maximum Gasteiger partial charge on any atom is 0.323 e. The number of amides is 1. The third-order valence-corrected chi connectivity index (χ3v) is 5.82. The summed E-state index contributed by atoms with van der Waals surface area (Å²) in [6, 6.07) is 4.72. The molecule has 2 aromatic rings. The molecule has 1 fully saturated rings. The quantitative estimate of drug-likeness (QED) is 0.599. The van der Waals surface area contributed by atoms with E-state index in [1.165, 1.54) is 12.8 Å². The van der Waals surface area contributed by atoms with Gasteiger partial charge < -0.3 is 21.0 Å². The van der Waals surface area contributed by atoms with Crippen molar-refractivity contribution >= 4 is 16.9 Å². The summed E-state index contributed by atoms with van der Waals surface area (Å²) in [5.41, 5.74) is 8.22. The molecule has 27 heavy (non-hydrogen) atoms. The summed E-state index contributed by atoms with van der Waals surface area (Å²) in [5.74, 6) is 0.614. The number of imidazole rings is 1. The third-order valence-electron chi connectivity index (χ3n) is 5.82. The lowest BCUT2D eigenvalue weighted by atomic mass is 9.79. The second kappa shape index (κ2) is 8.30. The molecule has 1 aromatic heterocycles. The van der Waals surface area contributed by atoms with E-state index in [4.69, 9.17) is 5.73 Å². The van der Waals surface area contributed by atoms with Gasteiger partial charge in [0.05, 0.1) is 11.0 Å². The second-order valence-corrected chi connectivity index (χ2v) is 8.52. The van der Waals surface area contributed by atoms with E-state index in [1.807, 2.05) is 6.07 Å². The van der Waals surface area contributed by atoms with Crippen LogP contribution in [0.15, 0.2) is 16.9 Å². The van der Waals surface area contributed by atoms with E-state index in [0.717, 1.165) is 42.7 Å². The van der Waals surface area contributed by atoms with Crippen LogP contribution in [0.25, 0.3) is 11.0 Å². The van der Waals surface area contributed by atoms with Gasteiger partial charge in [0, 0.05) is 17.6 Å². The molecule has 148 valence electrons. The van der Waals surface area contributed by atoms with Crippen molar-refractivity contribution < 1.29 is 4.79 Å². The lowest BCUT2D eigenvalue weighted by molar-refractivity contribution is 0.0998. The Morgan fingerprint density at radius 2 is 1.74 bits per heavy atom. The molecule has 3 rings (SSSR count). The molecule has 0 aliphatic heterocycles. The van der Waals surface area contributed by atoms with Gasteiger partial charge in [-0.15, -0.1) is 0 Å². The van der Waals surface area contributed by atoms with Crippen LogP contribution >= 0.6 is 0 Å². The normalized spacial score (nSPS) is 21.6. The fourth-order valence-electron chi connectivity index (χ4n) is 4.29. The summed E-state index contributed by atoms with van der Waals surface area (Å²) in [7, 11) is 0. The zero-order valence-electron chi connectivity index (χ0n) is 16.6. The van der Waals surface area contributed by atoms with E-state index in [-0.39, 0.29) is 5.69 Å². The van der Waals surface area contributed by atoms with Gasteiger partial charge in [0.2, 0.25) is 5.91 Å². The highest BCUT2D eigenvalue weighted by Gasteiger charge is 2.26. The summed E-state index contributed by atoms with van der Waals surface area (Å²) in [6.07, 6.45) is 6.69. The monoisotopic (exact) mass is 372 g/mol. The number of nitrogens with one attached hydrogen (secondary N) is 3. The van der Waals surface area contributed by atoms with E-state index in [9.17, 15) is 9.59 Å². The largest absolute Gasteiger partial charge is 0.366 e. The van der Waals surface area contributed by atoms with Crippen molar-refractivity contribution in [2.75, 3.05) is 0 Å². The van der Waals surface area contributed by atoms with Gasteiger partial charge in [-0.05, 0) is 75.0 Å². The zero-order valence-corrected chi connectivity index (χ0v) is 16.6. The lowest BCUT2D eigenvalue weighted by Gasteiger charge is -2.32. The van der Waals surface area contributed by atoms with Crippen molar-refractivity contribution in [3.8, 4) is 0 Å². The maximum absolute atomic E-state index is 12.0. The standard InChI is InChI=1S/C21H32N4O2/c1-12(2)4-5-13(3)23-15-8-6-14(7-9-15)16-10-18-19(25-21(27)24-18)11-17(16)20(22)26/h10-15,23H,4-9H2,1-3H3,(H2,22,26)(H2,24,25,27). The van der Waals surface area contributed by atoms with E-state index in [2.05, 4.69) is 36.1 Å². The average Bonchev–Trinajstić information content (AvgIpc) is 2.98. The molecule has 0 spiro atoms. The predicted octanol–water partition coefficient (Wildman–Crippen LogP) is 3.40. The van der Waals surface area contributed by atoms with Crippen LogP contribution in [0.1, 0.15) is 81.1 Å². The maximum atomic E-state index is 12.0. The van der Waals surface area contributed by atoms with Gasteiger partial charge in [0.1, 0.15) is 0 Å². The molecule has 1 aliphatic carbocycles. The van der Waals surface area contributed by atoms with Crippen LogP contribution in [0.5, 0.6) is 0 Å². The van der Waals surface area contributed by atoms with Crippen molar-refractivity contribution in [2.45, 2.75) is 77.3 Å². The number of carbonyl (C=O) groups is 1. The van der Waals surface area contributed by atoms with Gasteiger partial charge in [-0.2, -0.15) is 0 Å². The Bertz CT molecular complexity index is 843. The first kappa shape index (κ1) is 19.7. The Morgan fingerprint density at radius 1 is 1.11 bits per heavy atom. The molecule has 1 saturated carbocycles. The summed E-state index contributed by atoms with van der Waals surface area (Å²) in [4.78, 5) is 29.0. The number of carbonyl (C=O) groups excluding carboxylic acids is 1. The number of hydrogen-bond donors (Lipinski definition) is 4. The molecule has 0 radical (unpaired) electrons. The first-order chi connectivity index (χ1) is 12.8. The fraction of sp³-hybridized carbons (Fsp3) is 0.619. The van der Waals surface area contributed by atoms with Crippen LogP contribution in [0.4, 0.5) is 0 Å². The molecular weight excluding hydrogens is 340 g/mol. The molecule has 1 atom stereocenters. The number of primary amides is 1. The van der Waals surface area contributed by atoms with Crippen molar-refractivity contribution in [3.05, 3.63) is 33.7 Å². The smallest absolute Gasteiger partial charge is 0.323 e. The Labute approximate surface area is 160 Å². The highest BCUT2D eigenvalue weighted by Crippen LogP contribution is 2.36. The summed E-state index contributed by atoms with van der Waals surface area (Å²) >= 11 is 0. The van der Waals surface area contributed by atoms with Crippen molar-refractivity contribution in [2.24, 2.45) is 11.7 Å². The van der Waals surface area contributed by atoms with E-state index >= 15 is 0 Å². The topological polar surface area (TPSA) is 104 Å². The van der Waals surface area contributed by atoms with Gasteiger partial charge in [-0.25, -0.2) is 4.79 Å². The van der Waals surface area contributed by atoms with Crippen LogP contribution in [0.3, 0.4) is 0 Å². The molecule has 1 aromatic carbocycles. The van der Waals surface area contributed by atoms with Gasteiger partial charge in [0.15, 0.2) is 0 Å². The van der Waals surface area contributed by atoms with Gasteiger partial charge in [-0.3, -0.25) is 4.79 Å². The first-order valence-electron chi connectivity index (χ1n) is 10.1. The molecule has 1 aliphatic rings. The van der Waals surface area contributed by atoms with Crippen LogP contribution in [0, 0.1) is 5.92 Å². The molecule has 6 heteroatoms. The van der Waals surface area contributed by atoms with Crippen LogP contribution in [0.2, 0.25) is 0 Å². The summed E-state index contributed by atoms with van der Waals surface area (Å²) in [5, 5.41) is 3.77. The molecule has 0 saturated heterocycles. The SMILES string of the molecule is CC(C)CCC(C)NC1CCC(c2cc3[nH]c(=O)[nH]c3cc2C(N)=O)CC1. The molecular formula is C21H32N4O2. The molecule has 0 bridgehead atoms. The van der Waals surface area contributed by atoms with Gasteiger partial charge in [0.25, 0.3) is 0 Å². The third kappa shape index (κ3) is 4.80. The van der Waals surface area contributed by atoms with Crippen molar-refractivity contribution in [3.63, 3.8) is 0 Å². The molecule has 1 unspecified atom stereocenters. The minimum Gasteiger partial charge on any atom is -0.366 e. The Balaban J connectivity index is 1.67. The zero-order chi connectivity index (χ0) is 19.6. The lowest BCUT2D eigenvalue weighted by Crippen LogP contribution is -2.39. The number of benzene rings is 1. The fourth-order valence-corrected chi connectivity index (χ4v) is 4.29. The number of nitrogens with two attached hydrogens (primary N) is 1. The number of fused-ring (bicyclic) bond motifs is 1. The number of hydrogen-bond acceptors (Lipinski definition) is 3. The predicted molar refractivity (Wildman–Crippen MR) is 109 cm³/mol. The van der Waals surface area contributed by atoms with Crippen LogP contribution in [-0.4, -0.2) is 28.0 Å². The number of aromatic amines is 2. The second-order valence-electron chi connectivity index (χ2n) is 8.52. The molecule has 1 amide bonds. The number of H-pyrrole nitrogens is 2. The highest BCUT2D eigenvalue weighted by atomic mass is 16.1. The highest BCUT2D eigenvalue weighted by molar-refractivity contribution is 5.98. The Kier molecular flexibility index (Phi) is 6.05. The van der Waals surface area contributed by atoms with Crippen LogP contribution < -0.4 is 16.7 Å². The van der Waals surface area contributed by atoms with Crippen molar-refractivity contribution in [1.82, 2.24) is 15.3 Å². The van der Waals surface area contributed by atoms with Gasteiger partial charge in [-0.1, -0.05) is 13.8 Å². The number of aromatic nitrogens is 2. The summed E-state index contributed by atoms with van der Waals surface area (Å²) in [6.45, 7) is 6.81. The minimum atomic E-state index is -0.434. The van der Waals surface area contributed by atoms with Crippen LogP contribution in [-0.2, 0) is 0 Å². The first-order valence-corrected chi connectivity index (χ1v) is 10.1. The average molecular weight is 373 g/mol.